The number of anilines is 1. The Morgan fingerprint density at radius 3 is 2.08 bits per heavy atom. The number of nitrogens with one attached hydrogen (secondary N) is 2. The summed E-state index contributed by atoms with van der Waals surface area (Å²) in [5.41, 5.74) is 5.28. The van der Waals surface area contributed by atoms with Gasteiger partial charge in [-0.1, -0.05) is 59.7 Å². The fourth-order valence-electron chi connectivity index (χ4n) is 3.96. The van der Waals surface area contributed by atoms with E-state index in [1.54, 1.807) is 24.3 Å². The van der Waals surface area contributed by atoms with E-state index >= 15 is 0 Å². The molecule has 2 aliphatic rings. The molecule has 1 aromatic rings. The molecule has 3 unspecified atom stereocenters. The van der Waals surface area contributed by atoms with Crippen LogP contribution in [-0.2, 0) is 27.9 Å². The van der Waals surface area contributed by atoms with Gasteiger partial charge in [-0.3, -0.25) is 0 Å². The number of hydrogen-bond donors (Lipinski definition) is 3. The lowest BCUT2D eigenvalue weighted by molar-refractivity contribution is -0.0419. The molecule has 4 atom stereocenters. The predicted octanol–water partition coefficient (Wildman–Crippen LogP) is 4.84. The predicted molar refractivity (Wildman–Crippen MR) is 157 cm³/mol. The third kappa shape index (κ3) is 6.60. The van der Waals surface area contributed by atoms with E-state index < -0.39 is 56.8 Å². The molecular weight excluding hydrogens is 555 g/mol. The average molecular weight is 600 g/mol. The molecule has 2 aliphatic heterocycles. The van der Waals surface area contributed by atoms with Crippen molar-refractivity contribution >= 4 is 38.5 Å². The molecule has 1 saturated heterocycles. The zero-order valence-electron chi connectivity index (χ0n) is 24.7. The summed E-state index contributed by atoms with van der Waals surface area (Å²) in [5.74, 6) is 0. The van der Waals surface area contributed by atoms with Crippen molar-refractivity contribution in [1.29, 1.82) is 0 Å². The van der Waals surface area contributed by atoms with Crippen LogP contribution in [0.25, 0.3) is 0 Å². The maximum atomic E-state index is 13.1. The highest BCUT2D eigenvalue weighted by atomic mass is 32.2. The van der Waals surface area contributed by atoms with Gasteiger partial charge in [-0.25, -0.2) is 8.98 Å². The number of carbonyl (C=O) groups is 1. The molecule has 0 aromatic heterocycles. The summed E-state index contributed by atoms with van der Waals surface area (Å²) in [6.45, 7) is 20.8. The summed E-state index contributed by atoms with van der Waals surface area (Å²) in [6, 6.07) is 8.41. The summed E-state index contributed by atoms with van der Waals surface area (Å²) >= 11 is 0. The van der Waals surface area contributed by atoms with Crippen molar-refractivity contribution < 1.29 is 31.0 Å². The summed E-state index contributed by atoms with van der Waals surface area (Å²) in [4.78, 5) is 13.1. The first-order valence-corrected chi connectivity index (χ1v) is 20.4. The van der Waals surface area contributed by atoms with E-state index in [1.807, 2.05) is 19.2 Å². The van der Waals surface area contributed by atoms with E-state index in [2.05, 4.69) is 65.3 Å². The standard InChI is InChI=1S/C26H45N3O7SSi2/c1-24(2,3)38(7,8)33-16-20-26(19(27)17-37(31,32)36-26)21(35-39(9,10)25(4,5)6)22(34-20)29-23(30)28-18-14-12-11-13-15-18/h11-15,17,20-22H,16,27H2,1-10H3,(H2,28,29,30)/t20?,21?,22-,26?/m1/s1. The van der Waals surface area contributed by atoms with Crippen molar-refractivity contribution in [3.63, 3.8) is 0 Å². The van der Waals surface area contributed by atoms with Gasteiger partial charge >= 0.3 is 6.03 Å². The normalized spacial score (nSPS) is 27.4. The van der Waals surface area contributed by atoms with E-state index in [0.717, 1.165) is 5.41 Å². The highest BCUT2D eigenvalue weighted by Crippen LogP contribution is 2.49. The first-order chi connectivity index (χ1) is 17.6. The average Bonchev–Trinajstić information content (AvgIpc) is 3.17. The minimum absolute atomic E-state index is 0.0103. The Morgan fingerprint density at radius 1 is 1.03 bits per heavy atom. The molecule has 1 aromatic carbocycles. The number of ether oxygens (including phenoxy) is 1. The molecule has 0 aliphatic carbocycles. The number of benzene rings is 1. The molecule has 1 fully saturated rings. The monoisotopic (exact) mass is 599 g/mol. The number of nitrogens with two attached hydrogens (primary N) is 1. The van der Waals surface area contributed by atoms with Crippen molar-refractivity contribution in [1.82, 2.24) is 5.32 Å². The molecule has 39 heavy (non-hydrogen) atoms. The lowest BCUT2D eigenvalue weighted by Gasteiger charge is -2.43. The maximum absolute atomic E-state index is 13.1. The Balaban J connectivity index is 2.03. The van der Waals surface area contributed by atoms with Gasteiger partial charge in [0.25, 0.3) is 10.1 Å². The van der Waals surface area contributed by atoms with Crippen molar-refractivity contribution in [2.75, 3.05) is 11.9 Å². The van der Waals surface area contributed by atoms with E-state index in [9.17, 15) is 13.2 Å². The van der Waals surface area contributed by atoms with E-state index in [0.29, 0.717) is 5.69 Å². The number of carbonyl (C=O) groups excluding carboxylic acids is 1. The van der Waals surface area contributed by atoms with Gasteiger partial charge < -0.3 is 30.0 Å². The van der Waals surface area contributed by atoms with E-state index in [1.165, 1.54) is 0 Å². The lowest BCUT2D eigenvalue weighted by Crippen LogP contribution is -2.61. The largest absolute Gasteiger partial charge is 0.414 e. The number of para-hydroxylation sites is 1. The third-order valence-electron chi connectivity index (χ3n) is 8.40. The van der Waals surface area contributed by atoms with Crippen LogP contribution in [0.15, 0.2) is 41.4 Å². The second kappa shape index (κ2) is 10.6. The quantitative estimate of drug-likeness (QED) is 0.299. The van der Waals surface area contributed by atoms with Gasteiger partial charge in [0.05, 0.1) is 17.7 Å². The summed E-state index contributed by atoms with van der Waals surface area (Å²) < 4.78 is 50.9. The molecule has 3 rings (SSSR count). The molecule has 2 amide bonds. The van der Waals surface area contributed by atoms with Crippen LogP contribution in [0, 0.1) is 0 Å². The molecule has 220 valence electrons. The highest BCUT2D eigenvalue weighted by molar-refractivity contribution is 7.90. The smallest absolute Gasteiger partial charge is 0.321 e. The van der Waals surface area contributed by atoms with Crippen molar-refractivity contribution in [3.05, 3.63) is 41.4 Å². The van der Waals surface area contributed by atoms with Gasteiger partial charge in [0.1, 0.15) is 12.2 Å². The van der Waals surface area contributed by atoms with Crippen LogP contribution in [0.3, 0.4) is 0 Å². The molecule has 1 spiro atoms. The lowest BCUT2D eigenvalue weighted by atomic mass is 9.89. The maximum Gasteiger partial charge on any atom is 0.321 e. The molecular formula is C26H45N3O7SSi2. The molecule has 0 bridgehead atoms. The molecule has 10 nitrogen and oxygen atoms in total. The zero-order valence-corrected chi connectivity index (χ0v) is 27.6. The molecule has 0 saturated carbocycles. The Kier molecular flexibility index (Phi) is 8.62. The van der Waals surface area contributed by atoms with Crippen LogP contribution in [0.1, 0.15) is 41.5 Å². The summed E-state index contributed by atoms with van der Waals surface area (Å²) in [7, 11) is -8.98. The molecule has 0 radical (unpaired) electrons. The Labute approximate surface area is 235 Å². The minimum Gasteiger partial charge on any atom is -0.414 e. The number of amides is 2. The van der Waals surface area contributed by atoms with E-state index in [-0.39, 0.29) is 22.4 Å². The Hall–Kier alpha value is -1.75. The first kappa shape index (κ1) is 31.8. The van der Waals surface area contributed by atoms with Crippen LogP contribution in [0.4, 0.5) is 10.5 Å². The first-order valence-electron chi connectivity index (χ1n) is 13.1. The molecule has 13 heteroatoms. The van der Waals surface area contributed by atoms with Gasteiger partial charge in [0, 0.05) is 5.69 Å². The highest BCUT2D eigenvalue weighted by Gasteiger charge is 2.67. The van der Waals surface area contributed by atoms with Crippen LogP contribution >= 0.6 is 0 Å². The second-order valence-corrected chi connectivity index (χ2v) is 24.3. The second-order valence-electron chi connectivity index (χ2n) is 13.3. The summed E-state index contributed by atoms with van der Waals surface area (Å²) in [6.07, 6.45) is -3.09. The van der Waals surface area contributed by atoms with Gasteiger partial charge in [0.2, 0.25) is 0 Å². The minimum atomic E-state index is -4.13. The Bertz CT molecular complexity index is 1190. The fraction of sp³-hybridized carbons (Fsp3) is 0.654. The SMILES string of the molecule is CC(C)(C)[Si](C)(C)OCC1O[C@@H](NC(=O)Nc2ccccc2)C(O[Si](C)(C)C(C)(C)C)C12OS(=O)(=O)C=C2N. The van der Waals surface area contributed by atoms with E-state index in [4.69, 9.17) is 23.5 Å². The van der Waals surface area contributed by atoms with Crippen molar-refractivity contribution in [2.24, 2.45) is 5.73 Å². The van der Waals surface area contributed by atoms with Crippen LogP contribution < -0.4 is 16.4 Å². The van der Waals surface area contributed by atoms with Crippen LogP contribution in [0.5, 0.6) is 0 Å². The van der Waals surface area contributed by atoms with Crippen LogP contribution in [0.2, 0.25) is 36.3 Å². The fourth-order valence-corrected chi connectivity index (χ4v) is 7.47. The van der Waals surface area contributed by atoms with Gasteiger partial charge in [0.15, 0.2) is 28.5 Å². The third-order valence-corrected chi connectivity index (χ3v) is 18.4. The van der Waals surface area contributed by atoms with Gasteiger partial charge in [-0.05, 0) is 48.4 Å². The number of hydrogen-bond acceptors (Lipinski definition) is 8. The molecule has 4 N–H and O–H groups in total. The number of urea groups is 1. The number of rotatable bonds is 7. The van der Waals surface area contributed by atoms with Gasteiger partial charge in [-0.15, -0.1) is 0 Å². The Morgan fingerprint density at radius 2 is 1.59 bits per heavy atom. The van der Waals surface area contributed by atoms with Crippen molar-refractivity contribution in [2.45, 2.75) is 102 Å². The zero-order chi connectivity index (χ0) is 29.7. The topological polar surface area (TPSA) is 138 Å². The van der Waals surface area contributed by atoms with Gasteiger partial charge in [-0.2, -0.15) is 8.42 Å². The van der Waals surface area contributed by atoms with Crippen molar-refractivity contribution in [3.8, 4) is 0 Å². The van der Waals surface area contributed by atoms with Crippen LogP contribution in [-0.4, -0.2) is 61.7 Å². The molecule has 2 heterocycles. The summed E-state index contributed by atoms with van der Waals surface area (Å²) in [5, 5.41) is 6.17.